The van der Waals surface area contributed by atoms with Crippen LogP contribution in [0.25, 0.3) is 17.2 Å². The third-order valence-electron chi connectivity index (χ3n) is 4.11. The molecule has 0 radical (unpaired) electrons. The van der Waals surface area contributed by atoms with Crippen LogP contribution in [0.2, 0.25) is 0 Å². The van der Waals surface area contributed by atoms with Crippen molar-refractivity contribution in [3.8, 4) is 17.4 Å². The molecule has 138 valence electrons. The summed E-state index contributed by atoms with van der Waals surface area (Å²) >= 11 is 0. The van der Waals surface area contributed by atoms with Crippen molar-refractivity contribution in [2.24, 2.45) is 0 Å². The number of ether oxygens (including phenoxy) is 1. The van der Waals surface area contributed by atoms with Gasteiger partial charge in [0.1, 0.15) is 12.4 Å². The molecule has 4 rings (SSSR count). The summed E-state index contributed by atoms with van der Waals surface area (Å²) in [5, 5.41) is 17.2. The highest BCUT2D eigenvalue weighted by Crippen LogP contribution is 2.30. The smallest absolute Gasteiger partial charge is 0.232 e. The molecule has 0 aliphatic heterocycles. The number of fused-ring (bicyclic) bond motifs is 1. The molecule has 4 heterocycles. The van der Waals surface area contributed by atoms with Gasteiger partial charge in [0.15, 0.2) is 11.3 Å². The van der Waals surface area contributed by atoms with Gasteiger partial charge >= 0.3 is 0 Å². The zero-order chi connectivity index (χ0) is 19.0. The van der Waals surface area contributed by atoms with Crippen LogP contribution in [0, 0.1) is 6.92 Å². The van der Waals surface area contributed by atoms with Crippen LogP contribution in [0.4, 0.5) is 0 Å². The number of hydrogen-bond donors (Lipinski definition) is 0. The molecule has 0 saturated heterocycles. The first kappa shape index (κ1) is 17.1. The summed E-state index contributed by atoms with van der Waals surface area (Å²) in [4.78, 5) is 4.28. The third-order valence-corrected chi connectivity index (χ3v) is 4.11. The Hall–Kier alpha value is -3.29. The molecule has 0 unspecified atom stereocenters. The fourth-order valence-corrected chi connectivity index (χ4v) is 2.74. The van der Waals surface area contributed by atoms with Gasteiger partial charge in [-0.2, -0.15) is 4.52 Å². The van der Waals surface area contributed by atoms with E-state index < -0.39 is 0 Å². The Morgan fingerprint density at radius 1 is 1.15 bits per heavy atom. The van der Waals surface area contributed by atoms with E-state index in [0.717, 1.165) is 11.3 Å². The van der Waals surface area contributed by atoms with Crippen molar-refractivity contribution in [1.29, 1.82) is 0 Å². The predicted molar refractivity (Wildman–Crippen MR) is 98.3 cm³/mol. The van der Waals surface area contributed by atoms with Gasteiger partial charge in [0.25, 0.3) is 0 Å². The molecule has 0 aliphatic carbocycles. The fourth-order valence-electron chi connectivity index (χ4n) is 2.74. The van der Waals surface area contributed by atoms with Gasteiger partial charge in [-0.25, -0.2) is 0 Å². The van der Waals surface area contributed by atoms with Gasteiger partial charge in [0.2, 0.25) is 11.7 Å². The number of pyridine rings is 1. The molecule has 0 aromatic carbocycles. The monoisotopic (exact) mass is 364 g/mol. The van der Waals surface area contributed by atoms with E-state index in [9.17, 15) is 0 Å². The Labute approximate surface area is 156 Å². The van der Waals surface area contributed by atoms with Gasteiger partial charge in [0, 0.05) is 23.9 Å². The van der Waals surface area contributed by atoms with Gasteiger partial charge in [-0.15, -0.1) is 15.3 Å². The van der Waals surface area contributed by atoms with Crippen LogP contribution < -0.4 is 4.74 Å². The lowest BCUT2D eigenvalue weighted by atomic mass is 9.88. The van der Waals surface area contributed by atoms with Gasteiger partial charge in [-0.1, -0.05) is 32.0 Å². The lowest BCUT2D eigenvalue weighted by Crippen LogP contribution is -2.15. The Morgan fingerprint density at radius 2 is 2.00 bits per heavy atom. The molecule has 4 aromatic heterocycles. The van der Waals surface area contributed by atoms with Gasteiger partial charge < -0.3 is 9.26 Å². The molecule has 8 heteroatoms. The minimum Gasteiger partial charge on any atom is -0.470 e. The minimum absolute atomic E-state index is 0.169. The molecule has 0 amide bonds. The maximum absolute atomic E-state index is 5.91. The molecule has 0 saturated carbocycles. The Bertz CT molecular complexity index is 1080. The molecular formula is C19H20N6O2. The third kappa shape index (κ3) is 3.38. The first-order valence-corrected chi connectivity index (χ1v) is 8.65. The summed E-state index contributed by atoms with van der Waals surface area (Å²) < 4.78 is 12.7. The van der Waals surface area contributed by atoms with Crippen LogP contribution in [-0.2, 0) is 12.0 Å². The Morgan fingerprint density at radius 3 is 2.67 bits per heavy atom. The highest BCUT2D eigenvalue weighted by Gasteiger charge is 2.24. The summed E-state index contributed by atoms with van der Waals surface area (Å²) in [5.74, 6) is 1.68. The maximum atomic E-state index is 5.91. The summed E-state index contributed by atoms with van der Waals surface area (Å²) in [6.45, 7) is 8.48. The van der Waals surface area contributed by atoms with Crippen LogP contribution in [0.15, 0.2) is 41.1 Å². The number of aromatic nitrogens is 6. The topological polar surface area (TPSA) is 91.2 Å². The van der Waals surface area contributed by atoms with Crippen molar-refractivity contribution in [2.45, 2.75) is 39.7 Å². The first-order chi connectivity index (χ1) is 12.9. The minimum atomic E-state index is -0.169. The van der Waals surface area contributed by atoms with E-state index in [2.05, 4.69) is 46.2 Å². The van der Waals surface area contributed by atoms with E-state index >= 15 is 0 Å². The summed E-state index contributed by atoms with van der Waals surface area (Å²) in [6.07, 6.45) is 1.74. The molecule has 0 N–H and O–H groups in total. The number of aryl methyl sites for hydroxylation is 1. The number of nitrogens with zero attached hydrogens (tertiary/aromatic N) is 6. The quantitative estimate of drug-likeness (QED) is 0.548. The molecule has 4 aromatic rings. The van der Waals surface area contributed by atoms with Crippen LogP contribution in [-0.4, -0.2) is 30.0 Å². The van der Waals surface area contributed by atoms with E-state index in [0.29, 0.717) is 35.4 Å². The summed E-state index contributed by atoms with van der Waals surface area (Å²) in [7, 11) is 0. The molecule has 0 atom stereocenters. The maximum Gasteiger partial charge on any atom is 0.232 e. The van der Waals surface area contributed by atoms with Crippen molar-refractivity contribution < 1.29 is 9.26 Å². The van der Waals surface area contributed by atoms with Crippen molar-refractivity contribution in [2.75, 3.05) is 0 Å². The van der Waals surface area contributed by atoms with E-state index in [1.54, 1.807) is 16.8 Å². The zero-order valence-electron chi connectivity index (χ0n) is 15.7. The lowest BCUT2D eigenvalue weighted by Gasteiger charge is -2.20. The van der Waals surface area contributed by atoms with Crippen LogP contribution in [0.3, 0.4) is 0 Å². The van der Waals surface area contributed by atoms with E-state index in [-0.39, 0.29) is 5.41 Å². The van der Waals surface area contributed by atoms with Crippen molar-refractivity contribution in [1.82, 2.24) is 30.0 Å². The van der Waals surface area contributed by atoms with E-state index in [4.69, 9.17) is 9.26 Å². The molecule has 0 aliphatic rings. The second kappa shape index (κ2) is 6.46. The molecule has 0 bridgehead atoms. The molecule has 0 fully saturated rings. The highest BCUT2D eigenvalue weighted by molar-refractivity contribution is 5.59. The number of hydrogen-bond acceptors (Lipinski definition) is 7. The standard InChI is InChI=1S/C19H20N6O2/c1-12-9-15(24-27-12)18-22-21-17-14(19(2,3)4)10-16(23-25(17)18)26-11-13-7-5-6-8-20-13/h5-10H,11H2,1-4H3. The molecule has 8 nitrogen and oxygen atoms in total. The van der Waals surface area contributed by atoms with Crippen LogP contribution in [0.5, 0.6) is 5.88 Å². The SMILES string of the molecule is Cc1cc(-c2nnc3c(C(C)(C)C)cc(OCc4ccccn4)nn23)no1. The van der Waals surface area contributed by atoms with Gasteiger partial charge in [-0.3, -0.25) is 4.98 Å². The average Bonchev–Trinajstić information content (AvgIpc) is 3.25. The normalized spacial score (nSPS) is 11.9. The molecular weight excluding hydrogens is 344 g/mol. The molecule has 0 spiro atoms. The van der Waals surface area contributed by atoms with Crippen LogP contribution in [0.1, 0.15) is 37.8 Å². The predicted octanol–water partition coefficient (Wildman–Crippen LogP) is 3.36. The van der Waals surface area contributed by atoms with Crippen molar-refractivity contribution >= 4 is 5.65 Å². The first-order valence-electron chi connectivity index (χ1n) is 8.65. The van der Waals surface area contributed by atoms with Gasteiger partial charge in [0.05, 0.1) is 5.69 Å². The second-order valence-electron chi connectivity index (χ2n) is 7.34. The second-order valence-corrected chi connectivity index (χ2v) is 7.34. The lowest BCUT2D eigenvalue weighted by molar-refractivity contribution is 0.283. The summed E-state index contributed by atoms with van der Waals surface area (Å²) in [5.41, 5.74) is 2.88. The van der Waals surface area contributed by atoms with Crippen molar-refractivity contribution in [3.63, 3.8) is 0 Å². The fraction of sp³-hybridized carbons (Fsp3) is 0.316. The number of rotatable bonds is 4. The van der Waals surface area contributed by atoms with Gasteiger partial charge in [-0.05, 0) is 24.5 Å². The zero-order valence-corrected chi connectivity index (χ0v) is 15.7. The summed E-state index contributed by atoms with van der Waals surface area (Å²) in [6, 6.07) is 9.41. The highest BCUT2D eigenvalue weighted by atomic mass is 16.5. The van der Waals surface area contributed by atoms with E-state index in [1.807, 2.05) is 31.2 Å². The van der Waals surface area contributed by atoms with Crippen molar-refractivity contribution in [3.05, 3.63) is 53.5 Å². The molecule has 27 heavy (non-hydrogen) atoms. The van der Waals surface area contributed by atoms with Crippen LogP contribution >= 0.6 is 0 Å². The average molecular weight is 364 g/mol. The Balaban J connectivity index is 1.79. The largest absolute Gasteiger partial charge is 0.470 e. The Kier molecular flexibility index (Phi) is 4.10. The van der Waals surface area contributed by atoms with E-state index in [1.165, 1.54) is 0 Å².